The first kappa shape index (κ1) is 34.3. The molecule has 2 heterocycles. The summed E-state index contributed by atoms with van der Waals surface area (Å²) in [7, 11) is -6.87. The number of hydrogen-bond acceptors (Lipinski definition) is 8. The smallest absolute Gasteiger partial charge is 0.335 e. The van der Waals surface area contributed by atoms with Crippen molar-refractivity contribution in [1.29, 1.82) is 5.26 Å². The highest BCUT2D eigenvalue weighted by molar-refractivity contribution is 7.44. The van der Waals surface area contributed by atoms with Crippen molar-refractivity contribution >= 4 is 25.6 Å². The second kappa shape index (κ2) is 14.3. The third kappa shape index (κ3) is 7.28. The Balaban J connectivity index is 2.52. The highest BCUT2D eigenvalue weighted by Gasteiger charge is 2.61. The van der Waals surface area contributed by atoms with Crippen molar-refractivity contribution in [3.63, 3.8) is 0 Å². The van der Waals surface area contributed by atoms with Crippen molar-refractivity contribution < 1.29 is 26.8 Å². The van der Waals surface area contributed by atoms with E-state index in [-0.39, 0.29) is 58.7 Å². The number of rotatable bonds is 12. The maximum atomic E-state index is 9.12. The van der Waals surface area contributed by atoms with Crippen molar-refractivity contribution in [2.24, 2.45) is 0 Å². The molecule has 0 N–H and O–H groups in total. The first-order valence-electron chi connectivity index (χ1n) is 14.6. The maximum Gasteiger partial charge on any atom is 0.335 e. The summed E-state index contributed by atoms with van der Waals surface area (Å²) in [4.78, 5) is 0. The fourth-order valence-corrected chi connectivity index (χ4v) is 18.9. The zero-order valence-corrected chi connectivity index (χ0v) is 29.1. The molecule has 2 saturated heterocycles. The van der Waals surface area contributed by atoms with E-state index in [1.807, 2.05) is 0 Å². The van der Waals surface area contributed by atoms with E-state index in [1.165, 1.54) is 0 Å². The Morgan fingerprint density at radius 1 is 0.895 bits per heavy atom. The fraction of sp³-hybridized carbons (Fsp3) is 0.963. The molecule has 0 amide bonds. The van der Waals surface area contributed by atoms with Gasteiger partial charge in [0.2, 0.25) is 0 Å². The monoisotopic (exact) mass is 590 g/mol. The second-order valence-electron chi connectivity index (χ2n) is 12.6. The van der Waals surface area contributed by atoms with Gasteiger partial charge < -0.3 is 26.8 Å². The molecule has 11 heteroatoms. The Labute approximate surface area is 236 Å². The predicted octanol–water partition coefficient (Wildman–Crippen LogP) is 7.39. The molecule has 0 aromatic heterocycles. The molecule has 0 aromatic carbocycles. The lowest BCUT2D eigenvalue weighted by Gasteiger charge is -2.51. The summed E-state index contributed by atoms with van der Waals surface area (Å²) in [5.74, 6) is 0. The van der Waals surface area contributed by atoms with Gasteiger partial charge in [-0.1, -0.05) is 55.4 Å². The van der Waals surface area contributed by atoms with Crippen molar-refractivity contribution in [1.82, 2.24) is 4.67 Å². The van der Waals surface area contributed by atoms with Crippen molar-refractivity contribution in [2.75, 3.05) is 13.2 Å². The topological polar surface area (TPSA) is 82.4 Å². The molecule has 38 heavy (non-hydrogen) atoms. The van der Waals surface area contributed by atoms with Gasteiger partial charge >= 0.3 is 17.1 Å². The maximum absolute atomic E-state index is 9.12. The van der Waals surface area contributed by atoms with Gasteiger partial charge in [0, 0.05) is 12.1 Å². The van der Waals surface area contributed by atoms with Crippen LogP contribution >= 0.6 is 8.53 Å². The van der Waals surface area contributed by atoms with Gasteiger partial charge in [0.15, 0.2) is 0 Å². The first-order valence-corrected chi connectivity index (χ1v) is 19.6. The normalized spacial score (nSPS) is 28.4. The predicted molar refractivity (Wildman–Crippen MR) is 158 cm³/mol. The standard InChI is InChI=1S/C27H55N2O6PSi2/c1-18(2)29(19(3)4)36(30-16-14-15-28)33-26-24(13)32-25-17-31-37(20(5)6,21(7)8)35-38(22(9)10,23(11)12)34-27(25)26/h18-27H,14,16-17H2,1-13H3/t24-,25+,26-,27+,36?/m0/s1. The van der Waals surface area contributed by atoms with Crippen LogP contribution in [0.1, 0.15) is 96.4 Å². The highest BCUT2D eigenvalue weighted by Crippen LogP contribution is 2.52. The van der Waals surface area contributed by atoms with E-state index in [2.05, 4.69) is 101 Å². The molecule has 1 unspecified atom stereocenters. The zero-order chi connectivity index (χ0) is 29.0. The molecule has 5 atom stereocenters. The van der Waals surface area contributed by atoms with Crippen LogP contribution in [0.4, 0.5) is 0 Å². The van der Waals surface area contributed by atoms with Gasteiger partial charge in [-0.2, -0.15) is 5.26 Å². The summed E-state index contributed by atoms with van der Waals surface area (Å²) in [5.41, 5.74) is 1.01. The van der Waals surface area contributed by atoms with Crippen LogP contribution in [0, 0.1) is 11.3 Å². The van der Waals surface area contributed by atoms with Crippen LogP contribution < -0.4 is 0 Å². The second-order valence-corrected chi connectivity index (χ2v) is 22.8. The van der Waals surface area contributed by atoms with E-state index in [9.17, 15) is 0 Å². The Hall–Kier alpha value is 0.0738. The number of nitrogens with zero attached hydrogens (tertiary/aromatic N) is 2. The Bertz CT molecular complexity index is 755. The molecule has 222 valence electrons. The molecule has 0 aromatic rings. The SMILES string of the molecule is CC(C)N(C(C)C)P(OCCC#N)O[C@@H]1[C@@H]2O[Si](C(C)C)(C(C)C)O[Si](C(C)C)(C(C)C)OC[C@H]2O[C@H]1C. The Kier molecular flexibility index (Phi) is 12.9. The average Bonchev–Trinajstić information content (AvgIpc) is 3.06. The lowest BCUT2D eigenvalue weighted by Crippen LogP contribution is -2.66. The molecule has 0 spiro atoms. The highest BCUT2D eigenvalue weighted by atomic mass is 31.2. The van der Waals surface area contributed by atoms with Gasteiger partial charge in [-0.05, 0) is 56.8 Å². The van der Waals surface area contributed by atoms with E-state index >= 15 is 0 Å². The van der Waals surface area contributed by atoms with Gasteiger partial charge in [-0.25, -0.2) is 4.67 Å². The molecule has 0 radical (unpaired) electrons. The largest absolute Gasteiger partial charge is 0.414 e. The minimum atomic E-state index is -2.80. The van der Waals surface area contributed by atoms with Gasteiger partial charge in [0.25, 0.3) is 8.53 Å². The zero-order valence-electron chi connectivity index (χ0n) is 26.2. The van der Waals surface area contributed by atoms with Gasteiger partial charge in [-0.15, -0.1) is 0 Å². The summed E-state index contributed by atoms with van der Waals surface area (Å²) in [5, 5.41) is 9.12. The molecule has 0 aliphatic carbocycles. The molecule has 0 bridgehead atoms. The third-order valence-electron chi connectivity index (χ3n) is 7.75. The number of hydrogen-bond donors (Lipinski definition) is 0. The minimum absolute atomic E-state index is 0.197. The summed E-state index contributed by atoms with van der Waals surface area (Å²) < 4.78 is 43.4. The van der Waals surface area contributed by atoms with Gasteiger partial charge in [-0.3, -0.25) is 0 Å². The van der Waals surface area contributed by atoms with E-state index in [4.69, 9.17) is 32.0 Å². The van der Waals surface area contributed by atoms with E-state index in [1.54, 1.807) is 0 Å². The van der Waals surface area contributed by atoms with E-state index in [0.29, 0.717) is 19.6 Å². The van der Waals surface area contributed by atoms with Crippen LogP contribution in [0.3, 0.4) is 0 Å². The molecule has 2 aliphatic rings. The van der Waals surface area contributed by atoms with Crippen LogP contribution in [-0.4, -0.2) is 71.5 Å². The van der Waals surface area contributed by atoms with Crippen molar-refractivity contribution in [3.8, 4) is 6.07 Å². The number of ether oxygens (including phenoxy) is 1. The molecular weight excluding hydrogens is 535 g/mol. The summed E-state index contributed by atoms with van der Waals surface area (Å²) in [6.07, 6.45) is -0.774. The van der Waals surface area contributed by atoms with Crippen LogP contribution in [0.25, 0.3) is 0 Å². The summed E-state index contributed by atoms with van der Waals surface area (Å²) in [6, 6.07) is 2.61. The first-order chi connectivity index (χ1) is 17.6. The van der Waals surface area contributed by atoms with Crippen LogP contribution in [0.2, 0.25) is 22.2 Å². The summed E-state index contributed by atoms with van der Waals surface area (Å²) >= 11 is 0. The average molecular weight is 591 g/mol. The summed E-state index contributed by atoms with van der Waals surface area (Å²) in [6.45, 7) is 29.3. The molecule has 2 aliphatic heterocycles. The Morgan fingerprint density at radius 2 is 1.42 bits per heavy atom. The molecule has 0 saturated carbocycles. The lowest BCUT2D eigenvalue weighted by atomic mass is 10.1. The number of fused-ring (bicyclic) bond motifs is 1. The van der Waals surface area contributed by atoms with Crippen LogP contribution in [0.5, 0.6) is 0 Å². The molecule has 2 rings (SSSR count). The van der Waals surface area contributed by atoms with Crippen LogP contribution in [-0.2, 0) is 26.8 Å². The van der Waals surface area contributed by atoms with Gasteiger partial charge in [0.05, 0.1) is 31.8 Å². The third-order valence-corrected chi connectivity index (χ3v) is 20.1. The number of nitriles is 1. The quantitative estimate of drug-likeness (QED) is 0.132. The van der Waals surface area contributed by atoms with E-state index in [0.717, 1.165) is 0 Å². The fourth-order valence-electron chi connectivity index (χ4n) is 5.87. The molecule has 2 fully saturated rings. The Morgan fingerprint density at radius 3 is 1.87 bits per heavy atom. The van der Waals surface area contributed by atoms with Crippen molar-refractivity contribution in [3.05, 3.63) is 0 Å². The lowest BCUT2D eigenvalue weighted by molar-refractivity contribution is -0.0359. The van der Waals surface area contributed by atoms with Crippen molar-refractivity contribution in [2.45, 2.75) is 155 Å². The van der Waals surface area contributed by atoms with Crippen LogP contribution in [0.15, 0.2) is 0 Å². The molecular formula is C27H55N2O6PSi2. The van der Waals surface area contributed by atoms with E-state index < -0.39 is 25.6 Å². The van der Waals surface area contributed by atoms with Gasteiger partial charge in [0.1, 0.15) is 18.3 Å². The molecule has 8 nitrogen and oxygen atoms in total. The minimum Gasteiger partial charge on any atom is -0.414 e.